The molecule has 6 nitrogen and oxygen atoms in total. The first-order chi connectivity index (χ1) is 11.1. The number of hydrogen-bond donors (Lipinski definition) is 3. The second-order valence-electron chi connectivity index (χ2n) is 6.23. The van der Waals surface area contributed by atoms with Gasteiger partial charge in [-0.15, -0.1) is 12.4 Å². The van der Waals surface area contributed by atoms with Gasteiger partial charge in [0.05, 0.1) is 6.04 Å². The van der Waals surface area contributed by atoms with Gasteiger partial charge < -0.3 is 11.1 Å². The molecule has 3 rings (SSSR count). The van der Waals surface area contributed by atoms with E-state index in [-0.39, 0.29) is 18.3 Å². The van der Waals surface area contributed by atoms with E-state index >= 15 is 0 Å². The zero-order valence-corrected chi connectivity index (χ0v) is 14.6. The molecule has 0 aliphatic heterocycles. The Morgan fingerprint density at radius 3 is 2.50 bits per heavy atom. The molecule has 0 unspecified atom stereocenters. The topological polar surface area (TPSA) is 96.7 Å². The van der Waals surface area contributed by atoms with Crippen LogP contribution in [0.1, 0.15) is 37.9 Å². The number of nitrogens with zero attached hydrogens (tertiary/aromatic N) is 2. The van der Waals surface area contributed by atoms with Gasteiger partial charge in [0.15, 0.2) is 5.82 Å². The van der Waals surface area contributed by atoms with Crippen LogP contribution in [0.25, 0.3) is 11.4 Å². The third kappa shape index (κ3) is 4.33. The van der Waals surface area contributed by atoms with Gasteiger partial charge in [0.2, 0.25) is 5.91 Å². The smallest absolute Gasteiger partial charge is 0.241 e. The van der Waals surface area contributed by atoms with Crippen molar-refractivity contribution in [2.24, 2.45) is 11.7 Å². The molecule has 0 radical (unpaired) electrons. The summed E-state index contributed by atoms with van der Waals surface area (Å²) in [4.78, 5) is 16.6. The quantitative estimate of drug-likeness (QED) is 0.790. The summed E-state index contributed by atoms with van der Waals surface area (Å²) in [5.41, 5.74) is 7.78. The Morgan fingerprint density at radius 1 is 1.25 bits per heavy atom. The number of halogens is 1. The molecule has 7 heteroatoms. The summed E-state index contributed by atoms with van der Waals surface area (Å²) in [6.45, 7) is 1.86. The van der Waals surface area contributed by atoms with E-state index in [1.165, 1.54) is 19.3 Å². The highest BCUT2D eigenvalue weighted by molar-refractivity contribution is 5.95. The van der Waals surface area contributed by atoms with Crippen molar-refractivity contribution in [1.29, 1.82) is 0 Å². The first-order valence-electron chi connectivity index (χ1n) is 8.19. The fourth-order valence-electron chi connectivity index (χ4n) is 3.11. The molecule has 1 aliphatic rings. The Bertz CT molecular complexity index is 664. The summed E-state index contributed by atoms with van der Waals surface area (Å²) in [5.74, 6) is 1.63. The Labute approximate surface area is 148 Å². The second kappa shape index (κ2) is 8.26. The van der Waals surface area contributed by atoms with Crippen LogP contribution in [0, 0.1) is 12.8 Å². The van der Waals surface area contributed by atoms with Gasteiger partial charge in [-0.2, -0.15) is 5.10 Å². The number of hydrogen-bond acceptors (Lipinski definition) is 4. The first kappa shape index (κ1) is 18.4. The maximum absolute atomic E-state index is 12.3. The van der Waals surface area contributed by atoms with Crippen LogP contribution < -0.4 is 11.1 Å². The summed E-state index contributed by atoms with van der Waals surface area (Å²) in [7, 11) is 0. The average Bonchev–Trinajstić information content (AvgIpc) is 3.02. The Kier molecular flexibility index (Phi) is 6.34. The van der Waals surface area contributed by atoms with Crippen molar-refractivity contribution in [2.75, 3.05) is 5.32 Å². The highest BCUT2D eigenvalue weighted by Gasteiger charge is 2.26. The molecule has 1 heterocycles. The third-order valence-electron chi connectivity index (χ3n) is 4.47. The summed E-state index contributed by atoms with van der Waals surface area (Å²) in [5, 5.41) is 9.85. The van der Waals surface area contributed by atoms with Crippen LogP contribution in [0.2, 0.25) is 0 Å². The number of carbonyl (C=O) groups excluding carboxylic acids is 1. The molecule has 1 atom stereocenters. The van der Waals surface area contributed by atoms with Crippen molar-refractivity contribution >= 4 is 24.0 Å². The maximum Gasteiger partial charge on any atom is 0.241 e. The van der Waals surface area contributed by atoms with Crippen LogP contribution >= 0.6 is 12.4 Å². The van der Waals surface area contributed by atoms with Crippen molar-refractivity contribution < 1.29 is 4.79 Å². The number of benzene rings is 1. The van der Waals surface area contributed by atoms with E-state index in [1.807, 2.05) is 31.2 Å². The second-order valence-corrected chi connectivity index (χ2v) is 6.23. The van der Waals surface area contributed by atoms with Gasteiger partial charge in [0.25, 0.3) is 0 Å². The predicted octanol–water partition coefficient (Wildman–Crippen LogP) is 3.05. The SMILES string of the molecule is Cc1nc(-c2ccc(NC(=O)[C@@H](N)C3CCCCC3)cc2)n[nH]1.Cl. The van der Waals surface area contributed by atoms with E-state index in [4.69, 9.17) is 5.73 Å². The molecular formula is C17H24ClN5O. The fraction of sp³-hybridized carbons (Fsp3) is 0.471. The molecule has 4 N–H and O–H groups in total. The van der Waals surface area contributed by atoms with Gasteiger partial charge in [-0.3, -0.25) is 9.89 Å². The molecule has 1 amide bonds. The van der Waals surface area contributed by atoms with Gasteiger partial charge >= 0.3 is 0 Å². The Morgan fingerprint density at radius 2 is 1.92 bits per heavy atom. The Balaban J connectivity index is 0.00000208. The lowest BCUT2D eigenvalue weighted by Crippen LogP contribution is -2.42. The highest BCUT2D eigenvalue weighted by atomic mass is 35.5. The van der Waals surface area contributed by atoms with Gasteiger partial charge in [0, 0.05) is 11.3 Å². The van der Waals surface area contributed by atoms with Crippen molar-refractivity contribution in [2.45, 2.75) is 45.1 Å². The number of aromatic amines is 1. The van der Waals surface area contributed by atoms with E-state index in [9.17, 15) is 4.79 Å². The van der Waals surface area contributed by atoms with Crippen LogP contribution in [0.5, 0.6) is 0 Å². The lowest BCUT2D eigenvalue weighted by molar-refractivity contribution is -0.118. The van der Waals surface area contributed by atoms with Crippen LogP contribution in [-0.2, 0) is 4.79 Å². The zero-order valence-electron chi connectivity index (χ0n) is 13.8. The van der Waals surface area contributed by atoms with Crippen molar-refractivity contribution in [3.05, 3.63) is 30.1 Å². The van der Waals surface area contributed by atoms with Gasteiger partial charge in [-0.25, -0.2) is 4.98 Å². The summed E-state index contributed by atoms with van der Waals surface area (Å²) in [6.07, 6.45) is 5.72. The number of amides is 1. The van der Waals surface area contributed by atoms with Crippen LogP contribution in [0.3, 0.4) is 0 Å². The number of rotatable bonds is 4. The molecule has 0 bridgehead atoms. The van der Waals surface area contributed by atoms with Crippen molar-refractivity contribution in [3.8, 4) is 11.4 Å². The van der Waals surface area contributed by atoms with Crippen LogP contribution in [0.15, 0.2) is 24.3 Å². The van der Waals surface area contributed by atoms with Gasteiger partial charge in [0.1, 0.15) is 5.82 Å². The molecule has 1 aromatic heterocycles. The molecule has 0 saturated heterocycles. The Hall–Kier alpha value is -1.92. The average molecular weight is 350 g/mol. The molecule has 1 fully saturated rings. The van der Waals surface area contributed by atoms with Gasteiger partial charge in [-0.05, 0) is 49.9 Å². The number of aryl methyl sites for hydroxylation is 1. The van der Waals surface area contributed by atoms with E-state index in [1.54, 1.807) is 0 Å². The molecule has 130 valence electrons. The summed E-state index contributed by atoms with van der Waals surface area (Å²) < 4.78 is 0. The minimum absolute atomic E-state index is 0. The minimum Gasteiger partial charge on any atom is -0.325 e. The molecule has 1 aromatic carbocycles. The summed E-state index contributed by atoms with van der Waals surface area (Å²) >= 11 is 0. The molecule has 0 spiro atoms. The first-order valence-corrected chi connectivity index (χ1v) is 8.19. The maximum atomic E-state index is 12.3. The molecule has 24 heavy (non-hydrogen) atoms. The zero-order chi connectivity index (χ0) is 16.2. The lowest BCUT2D eigenvalue weighted by atomic mass is 9.84. The number of H-pyrrole nitrogens is 1. The largest absolute Gasteiger partial charge is 0.325 e. The third-order valence-corrected chi connectivity index (χ3v) is 4.47. The minimum atomic E-state index is -0.425. The molecule has 1 aliphatic carbocycles. The number of nitrogens with two attached hydrogens (primary N) is 1. The van der Waals surface area contributed by atoms with E-state index in [0.29, 0.717) is 11.7 Å². The molecular weight excluding hydrogens is 326 g/mol. The molecule has 2 aromatic rings. The van der Waals surface area contributed by atoms with Crippen molar-refractivity contribution in [1.82, 2.24) is 15.2 Å². The lowest BCUT2D eigenvalue weighted by Gasteiger charge is -2.26. The van der Waals surface area contributed by atoms with Crippen molar-refractivity contribution in [3.63, 3.8) is 0 Å². The van der Waals surface area contributed by atoms with Crippen LogP contribution in [-0.4, -0.2) is 27.1 Å². The normalized spacial score (nSPS) is 16.2. The van der Waals surface area contributed by atoms with Crippen LogP contribution in [0.4, 0.5) is 5.69 Å². The predicted molar refractivity (Wildman–Crippen MR) is 97.0 cm³/mol. The highest BCUT2D eigenvalue weighted by Crippen LogP contribution is 2.26. The summed E-state index contributed by atoms with van der Waals surface area (Å²) in [6, 6.07) is 7.07. The number of anilines is 1. The van der Waals surface area contributed by atoms with E-state index < -0.39 is 6.04 Å². The van der Waals surface area contributed by atoms with E-state index in [0.717, 1.165) is 29.9 Å². The number of carbonyl (C=O) groups is 1. The fourth-order valence-corrected chi connectivity index (χ4v) is 3.11. The monoisotopic (exact) mass is 349 g/mol. The van der Waals surface area contributed by atoms with Gasteiger partial charge in [-0.1, -0.05) is 19.3 Å². The number of aromatic nitrogens is 3. The molecule has 1 saturated carbocycles. The number of nitrogens with one attached hydrogen (secondary N) is 2. The van der Waals surface area contributed by atoms with E-state index in [2.05, 4.69) is 20.5 Å². The standard InChI is InChI=1S/C17H23N5O.ClH/c1-11-19-16(22-21-11)13-7-9-14(10-8-13)20-17(23)15(18)12-5-3-2-4-6-12;/h7-10,12,15H,2-6,18H2,1H3,(H,20,23)(H,19,21,22);1H/t15-;/m0./s1.